The molecule has 0 aromatic heterocycles. The second-order valence-corrected chi connectivity index (χ2v) is 8.32. The third kappa shape index (κ3) is 6.54. The topological polar surface area (TPSA) is 96.5 Å². The van der Waals surface area contributed by atoms with Crippen molar-refractivity contribution in [2.45, 2.75) is 39.3 Å². The number of benzene rings is 3. The molecule has 3 N–H and O–H groups in total. The van der Waals surface area contributed by atoms with E-state index in [0.717, 1.165) is 16.3 Å². The maximum atomic E-state index is 13.7. The summed E-state index contributed by atoms with van der Waals surface area (Å²) >= 11 is 0. The van der Waals surface area contributed by atoms with Gasteiger partial charge in [0.1, 0.15) is 6.04 Å². The number of carbonyl (C=O) groups excluding carboxylic acids is 3. The Morgan fingerprint density at radius 2 is 1.50 bits per heavy atom. The van der Waals surface area contributed by atoms with Crippen molar-refractivity contribution in [1.82, 2.24) is 16.2 Å². The highest BCUT2D eigenvalue weighted by Crippen LogP contribution is 2.17. The zero-order chi connectivity index (χ0) is 24.7. The van der Waals surface area contributed by atoms with Gasteiger partial charge in [-0.25, -0.2) is 4.39 Å². The molecule has 3 amide bonds. The third-order valence-corrected chi connectivity index (χ3v) is 5.26. The minimum Gasteiger partial charge on any atom is -0.478 e. The molecule has 0 saturated heterocycles. The van der Waals surface area contributed by atoms with Crippen LogP contribution in [0.3, 0.4) is 0 Å². The van der Waals surface area contributed by atoms with Crippen LogP contribution in [-0.4, -0.2) is 29.9 Å². The lowest BCUT2D eigenvalue weighted by Crippen LogP contribution is -2.56. The molecular formula is C26H28FN3O4. The summed E-state index contributed by atoms with van der Waals surface area (Å²) in [6.45, 7) is 5.00. The number of amides is 3. The van der Waals surface area contributed by atoms with Gasteiger partial charge < -0.3 is 10.1 Å². The monoisotopic (exact) mass is 465 g/mol. The van der Waals surface area contributed by atoms with Crippen molar-refractivity contribution in [2.75, 3.05) is 0 Å². The first-order valence-electron chi connectivity index (χ1n) is 11.0. The summed E-state index contributed by atoms with van der Waals surface area (Å²) in [5.41, 5.74) is 5.40. The van der Waals surface area contributed by atoms with Crippen molar-refractivity contribution in [2.24, 2.45) is 5.92 Å². The van der Waals surface area contributed by atoms with Crippen molar-refractivity contribution in [3.63, 3.8) is 0 Å². The molecule has 0 radical (unpaired) electrons. The Morgan fingerprint density at radius 3 is 2.21 bits per heavy atom. The highest BCUT2D eigenvalue weighted by molar-refractivity contribution is 5.91. The molecule has 3 aromatic rings. The number of para-hydroxylation sites is 1. The number of rotatable bonds is 8. The van der Waals surface area contributed by atoms with Crippen LogP contribution in [0.2, 0.25) is 0 Å². The molecule has 0 aliphatic rings. The van der Waals surface area contributed by atoms with Crippen molar-refractivity contribution in [1.29, 1.82) is 0 Å². The SMILES string of the molecule is CC(Oc1ccccc1F)C(=O)NNC(=O)C(NC(=O)Cc1ccc2ccccc2c1)C(C)C. The van der Waals surface area contributed by atoms with E-state index in [2.05, 4.69) is 16.2 Å². The lowest BCUT2D eigenvalue weighted by atomic mass is 10.0. The third-order valence-electron chi connectivity index (χ3n) is 5.26. The van der Waals surface area contributed by atoms with Crippen molar-refractivity contribution in [3.8, 4) is 5.75 Å². The maximum absolute atomic E-state index is 13.7. The molecule has 3 aromatic carbocycles. The lowest BCUT2D eigenvalue weighted by Gasteiger charge is -2.22. The van der Waals surface area contributed by atoms with Crippen molar-refractivity contribution >= 4 is 28.5 Å². The normalized spacial score (nSPS) is 12.6. The summed E-state index contributed by atoms with van der Waals surface area (Å²) in [6.07, 6.45) is -0.946. The number of hydrogen-bond donors (Lipinski definition) is 3. The molecule has 0 aliphatic heterocycles. The van der Waals surface area contributed by atoms with E-state index in [1.807, 2.05) is 42.5 Å². The zero-order valence-corrected chi connectivity index (χ0v) is 19.3. The number of fused-ring (bicyclic) bond motifs is 1. The molecule has 2 unspecified atom stereocenters. The second-order valence-electron chi connectivity index (χ2n) is 8.32. The molecule has 34 heavy (non-hydrogen) atoms. The Bertz CT molecular complexity index is 1180. The lowest BCUT2D eigenvalue weighted by molar-refractivity contribution is -0.135. The fourth-order valence-corrected chi connectivity index (χ4v) is 3.38. The predicted molar refractivity (Wildman–Crippen MR) is 127 cm³/mol. The summed E-state index contributed by atoms with van der Waals surface area (Å²) in [6, 6.07) is 18.5. The van der Waals surface area contributed by atoms with Gasteiger partial charge in [0.15, 0.2) is 17.7 Å². The van der Waals surface area contributed by atoms with Gasteiger partial charge in [0.2, 0.25) is 5.91 Å². The van der Waals surface area contributed by atoms with Crippen LogP contribution in [0.1, 0.15) is 26.3 Å². The number of hydrazine groups is 1. The van der Waals surface area contributed by atoms with E-state index in [0.29, 0.717) is 0 Å². The van der Waals surface area contributed by atoms with E-state index < -0.39 is 29.8 Å². The van der Waals surface area contributed by atoms with E-state index in [1.165, 1.54) is 25.1 Å². The van der Waals surface area contributed by atoms with Gasteiger partial charge in [-0.1, -0.05) is 68.4 Å². The van der Waals surface area contributed by atoms with Gasteiger partial charge in [-0.2, -0.15) is 0 Å². The van der Waals surface area contributed by atoms with E-state index in [9.17, 15) is 18.8 Å². The summed E-state index contributed by atoms with van der Waals surface area (Å²) in [5.74, 6) is -2.45. The molecule has 8 heteroatoms. The van der Waals surface area contributed by atoms with Crippen LogP contribution in [0.5, 0.6) is 5.75 Å². The van der Waals surface area contributed by atoms with Gasteiger partial charge in [0, 0.05) is 0 Å². The Hall–Kier alpha value is -3.94. The first kappa shape index (κ1) is 24.7. The summed E-state index contributed by atoms with van der Waals surface area (Å²) < 4.78 is 19.0. The van der Waals surface area contributed by atoms with E-state index in [-0.39, 0.29) is 24.0 Å². The highest BCUT2D eigenvalue weighted by atomic mass is 19.1. The van der Waals surface area contributed by atoms with Crippen LogP contribution in [-0.2, 0) is 20.8 Å². The largest absolute Gasteiger partial charge is 0.478 e. The minimum atomic E-state index is -1.06. The molecule has 3 rings (SSSR count). The molecule has 2 atom stereocenters. The Balaban J connectivity index is 1.54. The molecule has 0 aliphatic carbocycles. The summed E-state index contributed by atoms with van der Waals surface area (Å²) in [7, 11) is 0. The average Bonchev–Trinajstić information content (AvgIpc) is 2.82. The van der Waals surface area contributed by atoms with Crippen LogP contribution in [0.15, 0.2) is 66.7 Å². The fraction of sp³-hybridized carbons (Fsp3) is 0.269. The van der Waals surface area contributed by atoms with Crippen LogP contribution in [0.25, 0.3) is 10.8 Å². The van der Waals surface area contributed by atoms with Crippen LogP contribution in [0, 0.1) is 11.7 Å². The van der Waals surface area contributed by atoms with Gasteiger partial charge in [-0.05, 0) is 41.3 Å². The Morgan fingerprint density at radius 1 is 0.853 bits per heavy atom. The van der Waals surface area contributed by atoms with Crippen molar-refractivity contribution in [3.05, 3.63) is 78.1 Å². The predicted octanol–water partition coefficient (Wildman–Crippen LogP) is 3.28. The number of ether oxygens (including phenoxy) is 1. The van der Waals surface area contributed by atoms with E-state index >= 15 is 0 Å². The summed E-state index contributed by atoms with van der Waals surface area (Å²) in [5, 5.41) is 4.84. The standard InChI is InChI=1S/C26H28FN3O4/c1-16(2)24(28-23(31)15-18-12-13-19-8-4-5-9-20(19)14-18)26(33)30-29-25(32)17(3)34-22-11-7-6-10-21(22)27/h4-14,16-17,24H,15H2,1-3H3,(H,28,31)(H,29,32)(H,30,33). The fourth-order valence-electron chi connectivity index (χ4n) is 3.38. The first-order chi connectivity index (χ1) is 16.2. The van der Waals surface area contributed by atoms with Crippen LogP contribution in [0.4, 0.5) is 4.39 Å². The molecular weight excluding hydrogens is 437 g/mol. The number of carbonyl (C=O) groups is 3. The summed E-state index contributed by atoms with van der Waals surface area (Å²) in [4.78, 5) is 37.5. The molecule has 7 nitrogen and oxygen atoms in total. The van der Waals surface area contributed by atoms with Crippen molar-refractivity contribution < 1.29 is 23.5 Å². The molecule has 0 bridgehead atoms. The number of hydrogen-bond acceptors (Lipinski definition) is 4. The molecule has 0 saturated carbocycles. The highest BCUT2D eigenvalue weighted by Gasteiger charge is 2.25. The van der Waals surface area contributed by atoms with Gasteiger partial charge in [0.25, 0.3) is 11.8 Å². The number of halogens is 1. The van der Waals surface area contributed by atoms with E-state index in [4.69, 9.17) is 4.74 Å². The first-order valence-corrected chi connectivity index (χ1v) is 11.0. The van der Waals surface area contributed by atoms with Gasteiger partial charge in [-0.15, -0.1) is 0 Å². The zero-order valence-electron chi connectivity index (χ0n) is 19.3. The Labute approximate surface area is 197 Å². The van der Waals surface area contributed by atoms with Crippen LogP contribution >= 0.6 is 0 Å². The molecule has 0 spiro atoms. The number of nitrogens with one attached hydrogen (secondary N) is 3. The maximum Gasteiger partial charge on any atom is 0.279 e. The molecule has 0 fully saturated rings. The van der Waals surface area contributed by atoms with Gasteiger partial charge in [-0.3, -0.25) is 25.2 Å². The average molecular weight is 466 g/mol. The second kappa shape index (κ2) is 11.3. The van der Waals surface area contributed by atoms with Crippen LogP contribution < -0.4 is 20.9 Å². The van der Waals surface area contributed by atoms with E-state index in [1.54, 1.807) is 19.9 Å². The van der Waals surface area contributed by atoms with Gasteiger partial charge >= 0.3 is 0 Å². The Kier molecular flexibility index (Phi) is 8.19. The quantitative estimate of drug-likeness (QED) is 0.445. The molecule has 178 valence electrons. The smallest absolute Gasteiger partial charge is 0.279 e. The van der Waals surface area contributed by atoms with Gasteiger partial charge in [0.05, 0.1) is 6.42 Å². The minimum absolute atomic E-state index is 0.0718. The molecule has 0 heterocycles.